The van der Waals surface area contributed by atoms with Gasteiger partial charge in [-0.25, -0.2) is 4.98 Å². The number of nitrogens with one attached hydrogen (secondary N) is 1. The number of nitrogens with zero attached hydrogens (tertiary/aromatic N) is 3. The Labute approximate surface area is 202 Å². The molecule has 1 N–H and O–H groups in total. The van der Waals surface area contributed by atoms with E-state index in [1.54, 1.807) is 49.8 Å². The number of rotatable bonds is 8. The standard InChI is InChI=1S/C26H26N4O3S/c1-18-8-6-12-22(19(18)2)30-14-13-27-26(30)34-17-24(31)29(3)23-11-5-4-10-21(23)25(32)28-16-20-9-7-15-33-20/h4-15H,16-17H2,1-3H3,(H,28,32). The van der Waals surface area contributed by atoms with Crippen LogP contribution in [0, 0.1) is 13.8 Å². The lowest BCUT2D eigenvalue weighted by Gasteiger charge is -2.20. The number of amides is 2. The SMILES string of the molecule is Cc1cccc(-n2ccnc2SCC(=O)N(C)c2ccccc2C(=O)NCc2ccco2)c1C. The largest absolute Gasteiger partial charge is 0.467 e. The maximum atomic E-state index is 13.0. The number of carbonyl (C=O) groups is 2. The Morgan fingerprint density at radius 1 is 1.09 bits per heavy atom. The van der Waals surface area contributed by atoms with Crippen molar-refractivity contribution in [3.05, 3.63) is 95.7 Å². The van der Waals surface area contributed by atoms with Gasteiger partial charge in [0.2, 0.25) is 5.91 Å². The average Bonchev–Trinajstić information content (AvgIpc) is 3.54. The van der Waals surface area contributed by atoms with Crippen LogP contribution in [0.5, 0.6) is 0 Å². The molecule has 0 atom stereocenters. The van der Waals surface area contributed by atoms with Gasteiger partial charge in [-0.05, 0) is 55.3 Å². The monoisotopic (exact) mass is 474 g/mol. The maximum Gasteiger partial charge on any atom is 0.253 e. The van der Waals surface area contributed by atoms with Crippen molar-refractivity contribution in [2.24, 2.45) is 0 Å². The number of benzene rings is 2. The predicted molar refractivity (Wildman–Crippen MR) is 133 cm³/mol. The van der Waals surface area contributed by atoms with E-state index in [9.17, 15) is 9.59 Å². The molecule has 2 aromatic carbocycles. The van der Waals surface area contributed by atoms with E-state index in [4.69, 9.17) is 4.42 Å². The van der Waals surface area contributed by atoms with Crippen LogP contribution in [-0.4, -0.2) is 34.2 Å². The quantitative estimate of drug-likeness (QED) is 0.372. The molecule has 4 aromatic rings. The minimum Gasteiger partial charge on any atom is -0.467 e. The summed E-state index contributed by atoms with van der Waals surface area (Å²) >= 11 is 1.36. The van der Waals surface area contributed by atoms with Gasteiger partial charge < -0.3 is 14.6 Å². The van der Waals surface area contributed by atoms with Crippen LogP contribution in [0.15, 0.2) is 82.8 Å². The molecule has 8 heteroatoms. The number of aromatic nitrogens is 2. The third kappa shape index (κ3) is 5.07. The summed E-state index contributed by atoms with van der Waals surface area (Å²) in [5.74, 6) is 0.434. The number of imidazole rings is 1. The molecular formula is C26H26N4O3S. The Bertz CT molecular complexity index is 1300. The number of para-hydroxylation sites is 1. The van der Waals surface area contributed by atoms with Crippen LogP contribution in [0.4, 0.5) is 5.69 Å². The number of hydrogen-bond acceptors (Lipinski definition) is 5. The first kappa shape index (κ1) is 23.4. The highest BCUT2D eigenvalue weighted by Gasteiger charge is 2.20. The zero-order valence-electron chi connectivity index (χ0n) is 19.3. The van der Waals surface area contributed by atoms with Crippen molar-refractivity contribution in [1.29, 1.82) is 0 Å². The van der Waals surface area contributed by atoms with Gasteiger partial charge in [0.1, 0.15) is 5.76 Å². The number of thioether (sulfide) groups is 1. The minimum atomic E-state index is -0.273. The van der Waals surface area contributed by atoms with Crippen molar-refractivity contribution in [1.82, 2.24) is 14.9 Å². The lowest BCUT2D eigenvalue weighted by Crippen LogP contribution is -2.31. The van der Waals surface area contributed by atoms with E-state index in [0.717, 1.165) is 10.8 Å². The smallest absolute Gasteiger partial charge is 0.253 e. The van der Waals surface area contributed by atoms with E-state index in [1.807, 2.05) is 29.0 Å². The van der Waals surface area contributed by atoms with Gasteiger partial charge >= 0.3 is 0 Å². The summed E-state index contributed by atoms with van der Waals surface area (Å²) in [4.78, 5) is 31.8. The molecule has 0 unspecified atom stereocenters. The third-order valence-corrected chi connectivity index (χ3v) is 6.61. The molecule has 2 heterocycles. The molecule has 0 saturated carbocycles. The Kier molecular flexibility index (Phi) is 7.18. The van der Waals surface area contributed by atoms with Gasteiger partial charge in [0.05, 0.1) is 35.5 Å². The molecule has 0 aliphatic carbocycles. The zero-order chi connectivity index (χ0) is 24.1. The van der Waals surface area contributed by atoms with Crippen LogP contribution >= 0.6 is 11.8 Å². The molecule has 0 spiro atoms. The van der Waals surface area contributed by atoms with Crippen LogP contribution in [0.3, 0.4) is 0 Å². The van der Waals surface area contributed by atoms with Crippen LogP contribution in [0.2, 0.25) is 0 Å². The second-order valence-corrected chi connectivity index (χ2v) is 8.76. The Morgan fingerprint density at radius 3 is 2.71 bits per heavy atom. The van der Waals surface area contributed by atoms with E-state index < -0.39 is 0 Å². The average molecular weight is 475 g/mol. The van der Waals surface area contributed by atoms with E-state index in [0.29, 0.717) is 17.0 Å². The minimum absolute atomic E-state index is 0.133. The molecule has 0 radical (unpaired) electrons. The van der Waals surface area contributed by atoms with Crippen molar-refractivity contribution in [2.75, 3.05) is 17.7 Å². The number of anilines is 1. The van der Waals surface area contributed by atoms with Gasteiger partial charge in [-0.3, -0.25) is 14.2 Å². The first-order valence-corrected chi connectivity index (χ1v) is 11.8. The summed E-state index contributed by atoms with van der Waals surface area (Å²) in [6, 6.07) is 16.7. The molecule has 0 fully saturated rings. The lowest BCUT2D eigenvalue weighted by atomic mass is 10.1. The van der Waals surface area contributed by atoms with Gasteiger partial charge in [0, 0.05) is 19.4 Å². The van der Waals surface area contributed by atoms with Crippen LogP contribution in [0.25, 0.3) is 5.69 Å². The van der Waals surface area contributed by atoms with Crippen LogP contribution in [0.1, 0.15) is 27.2 Å². The van der Waals surface area contributed by atoms with Crippen molar-refractivity contribution >= 4 is 29.3 Å². The zero-order valence-corrected chi connectivity index (χ0v) is 20.1. The first-order valence-electron chi connectivity index (χ1n) is 10.8. The summed E-state index contributed by atoms with van der Waals surface area (Å²) < 4.78 is 7.26. The maximum absolute atomic E-state index is 13.0. The van der Waals surface area contributed by atoms with Crippen molar-refractivity contribution in [3.8, 4) is 5.69 Å². The number of furan rings is 1. The number of aryl methyl sites for hydroxylation is 1. The van der Waals surface area contributed by atoms with Gasteiger partial charge in [-0.15, -0.1) is 0 Å². The molecule has 174 valence electrons. The topological polar surface area (TPSA) is 80.4 Å². The molecule has 2 aromatic heterocycles. The van der Waals surface area contributed by atoms with Crippen LogP contribution in [-0.2, 0) is 11.3 Å². The number of hydrogen-bond donors (Lipinski definition) is 1. The Morgan fingerprint density at radius 2 is 1.91 bits per heavy atom. The molecule has 0 saturated heterocycles. The number of carbonyl (C=O) groups excluding carboxylic acids is 2. The normalized spacial score (nSPS) is 10.8. The molecule has 4 rings (SSSR count). The Balaban J connectivity index is 1.45. The molecule has 0 aliphatic rings. The third-order valence-electron chi connectivity index (χ3n) is 5.65. The summed E-state index contributed by atoms with van der Waals surface area (Å²) in [6.07, 6.45) is 5.19. The fourth-order valence-corrected chi connectivity index (χ4v) is 4.45. The lowest BCUT2D eigenvalue weighted by molar-refractivity contribution is -0.115. The van der Waals surface area contributed by atoms with E-state index in [2.05, 4.69) is 30.2 Å². The molecule has 0 bridgehead atoms. The summed E-state index contributed by atoms with van der Waals surface area (Å²) in [5, 5.41) is 3.57. The highest BCUT2D eigenvalue weighted by molar-refractivity contribution is 7.99. The van der Waals surface area contributed by atoms with Crippen molar-refractivity contribution < 1.29 is 14.0 Å². The summed E-state index contributed by atoms with van der Waals surface area (Å²) in [7, 11) is 1.68. The highest BCUT2D eigenvalue weighted by atomic mass is 32.2. The van der Waals surface area contributed by atoms with Gasteiger partial charge in [0.25, 0.3) is 5.91 Å². The van der Waals surface area contributed by atoms with Gasteiger partial charge in [-0.2, -0.15) is 0 Å². The van der Waals surface area contributed by atoms with E-state index in [-0.39, 0.29) is 24.1 Å². The van der Waals surface area contributed by atoms with Crippen LogP contribution < -0.4 is 10.2 Å². The molecule has 34 heavy (non-hydrogen) atoms. The van der Waals surface area contributed by atoms with E-state index >= 15 is 0 Å². The predicted octanol–water partition coefficient (Wildman–Crippen LogP) is 4.77. The highest BCUT2D eigenvalue weighted by Crippen LogP contribution is 2.26. The Hall–Kier alpha value is -3.78. The first-order chi connectivity index (χ1) is 16.5. The summed E-state index contributed by atoms with van der Waals surface area (Å²) in [6.45, 7) is 4.42. The fraction of sp³-hybridized carbons (Fsp3) is 0.192. The van der Waals surface area contributed by atoms with E-state index in [1.165, 1.54) is 27.8 Å². The second-order valence-electron chi connectivity index (χ2n) is 7.82. The van der Waals surface area contributed by atoms with Crippen molar-refractivity contribution in [2.45, 2.75) is 25.5 Å². The molecule has 7 nitrogen and oxygen atoms in total. The van der Waals surface area contributed by atoms with Gasteiger partial charge in [-0.1, -0.05) is 36.0 Å². The second kappa shape index (κ2) is 10.4. The molecule has 0 aliphatic heterocycles. The summed E-state index contributed by atoms with van der Waals surface area (Å²) in [5.41, 5.74) is 4.37. The van der Waals surface area contributed by atoms with Gasteiger partial charge in [0.15, 0.2) is 5.16 Å². The fourth-order valence-electron chi connectivity index (χ4n) is 3.57. The van der Waals surface area contributed by atoms with Crippen molar-refractivity contribution in [3.63, 3.8) is 0 Å². The molecule has 2 amide bonds. The molecular weight excluding hydrogens is 448 g/mol.